The number of nitrogens with one attached hydrogen (secondary N) is 1. The summed E-state index contributed by atoms with van der Waals surface area (Å²) in [4.78, 5) is 11.2. The van der Waals surface area contributed by atoms with Gasteiger partial charge in [0.15, 0.2) is 0 Å². The molecule has 1 rings (SSSR count). The molecule has 0 unspecified atom stereocenters. The molecule has 0 aromatic heterocycles. The van der Waals surface area contributed by atoms with Gasteiger partial charge in [0.05, 0.1) is 13.2 Å². The second kappa shape index (κ2) is 8.77. The van der Waals surface area contributed by atoms with Crippen molar-refractivity contribution in [3.05, 3.63) is 23.8 Å². The fourth-order valence-corrected chi connectivity index (χ4v) is 1.45. The van der Waals surface area contributed by atoms with Crippen LogP contribution in [0.2, 0.25) is 0 Å². The first kappa shape index (κ1) is 17.7. The van der Waals surface area contributed by atoms with E-state index >= 15 is 0 Å². The minimum Gasteiger partial charge on any atom is -0.493 e. The zero-order chi connectivity index (χ0) is 13.5. The number of carbonyl (C=O) groups excluding carboxylic acids is 1. The molecule has 0 fully saturated rings. The smallest absolute Gasteiger partial charge is 0.238 e. The lowest BCUT2D eigenvalue weighted by atomic mass is 10.1. The summed E-state index contributed by atoms with van der Waals surface area (Å²) < 4.78 is 5.72. The van der Waals surface area contributed by atoms with Crippen LogP contribution in [0.4, 0.5) is 5.69 Å². The largest absolute Gasteiger partial charge is 0.493 e. The zero-order valence-corrected chi connectivity index (χ0v) is 12.5. The Labute approximate surface area is 121 Å². The Morgan fingerprint density at radius 1 is 1.42 bits per heavy atom. The number of halogens is 1. The van der Waals surface area contributed by atoms with E-state index in [0.29, 0.717) is 12.5 Å². The van der Waals surface area contributed by atoms with Gasteiger partial charge < -0.3 is 15.8 Å². The van der Waals surface area contributed by atoms with Gasteiger partial charge in [0, 0.05) is 11.8 Å². The molecule has 0 saturated carbocycles. The molecule has 1 aromatic carbocycles. The second-order valence-corrected chi connectivity index (χ2v) is 4.76. The molecule has 108 valence electrons. The number of benzene rings is 1. The van der Waals surface area contributed by atoms with Crippen LogP contribution in [0.1, 0.15) is 25.8 Å². The Morgan fingerprint density at radius 2 is 2.11 bits per heavy atom. The first-order valence-corrected chi connectivity index (χ1v) is 6.26. The fourth-order valence-electron chi connectivity index (χ4n) is 1.45. The lowest BCUT2D eigenvalue weighted by Gasteiger charge is -2.12. The average molecular weight is 287 g/mol. The molecule has 0 atom stereocenters. The van der Waals surface area contributed by atoms with E-state index in [4.69, 9.17) is 10.5 Å². The normalized spacial score (nSPS) is 9.95. The Balaban J connectivity index is 0.00000324. The van der Waals surface area contributed by atoms with E-state index in [1.54, 1.807) is 0 Å². The van der Waals surface area contributed by atoms with Gasteiger partial charge in [-0.2, -0.15) is 0 Å². The third kappa shape index (κ3) is 6.45. The van der Waals surface area contributed by atoms with Gasteiger partial charge >= 0.3 is 0 Å². The van der Waals surface area contributed by atoms with Crippen LogP contribution in [0.15, 0.2) is 18.2 Å². The SMILES string of the molecule is Cc1ccc(NC(=O)CN)cc1OCCC(C)C.Cl. The van der Waals surface area contributed by atoms with E-state index in [1.165, 1.54) is 0 Å². The number of rotatable bonds is 6. The van der Waals surface area contributed by atoms with Crippen LogP contribution in [0.5, 0.6) is 5.75 Å². The van der Waals surface area contributed by atoms with Crippen molar-refractivity contribution in [1.82, 2.24) is 0 Å². The van der Waals surface area contributed by atoms with Gasteiger partial charge in [0.2, 0.25) is 5.91 Å². The van der Waals surface area contributed by atoms with Crippen LogP contribution in [-0.2, 0) is 4.79 Å². The van der Waals surface area contributed by atoms with Crippen molar-refractivity contribution in [3.63, 3.8) is 0 Å². The van der Waals surface area contributed by atoms with Gasteiger partial charge in [-0.3, -0.25) is 4.79 Å². The monoisotopic (exact) mass is 286 g/mol. The maximum absolute atomic E-state index is 11.2. The second-order valence-electron chi connectivity index (χ2n) is 4.76. The fraction of sp³-hybridized carbons (Fsp3) is 0.500. The number of anilines is 1. The van der Waals surface area contributed by atoms with Gasteiger partial charge in [-0.25, -0.2) is 0 Å². The number of amides is 1. The minimum atomic E-state index is -0.202. The highest BCUT2D eigenvalue weighted by molar-refractivity contribution is 5.92. The maximum Gasteiger partial charge on any atom is 0.238 e. The minimum absolute atomic E-state index is 0. The van der Waals surface area contributed by atoms with Gasteiger partial charge in [-0.15, -0.1) is 12.4 Å². The number of ether oxygens (including phenoxy) is 1. The zero-order valence-electron chi connectivity index (χ0n) is 11.7. The Bertz CT molecular complexity index is 408. The molecule has 0 spiro atoms. The van der Waals surface area contributed by atoms with E-state index in [2.05, 4.69) is 19.2 Å². The van der Waals surface area contributed by atoms with Crippen molar-refractivity contribution in [3.8, 4) is 5.75 Å². The van der Waals surface area contributed by atoms with Crippen LogP contribution < -0.4 is 15.8 Å². The van der Waals surface area contributed by atoms with Crippen LogP contribution >= 0.6 is 12.4 Å². The summed E-state index contributed by atoms with van der Waals surface area (Å²) in [6.45, 7) is 6.98. The number of aryl methyl sites for hydroxylation is 1. The topological polar surface area (TPSA) is 64.4 Å². The number of hydrogen-bond donors (Lipinski definition) is 2. The number of nitrogens with two attached hydrogens (primary N) is 1. The van der Waals surface area contributed by atoms with Crippen LogP contribution in [-0.4, -0.2) is 19.1 Å². The van der Waals surface area contributed by atoms with E-state index in [0.717, 1.165) is 23.4 Å². The summed E-state index contributed by atoms with van der Waals surface area (Å²) in [5.41, 5.74) is 7.04. The Hall–Kier alpha value is -1.26. The number of carbonyl (C=O) groups is 1. The van der Waals surface area contributed by atoms with Crippen LogP contribution in [0.25, 0.3) is 0 Å². The first-order chi connectivity index (χ1) is 8.52. The van der Waals surface area contributed by atoms with E-state index < -0.39 is 0 Å². The molecule has 0 aliphatic heterocycles. The highest BCUT2D eigenvalue weighted by atomic mass is 35.5. The highest BCUT2D eigenvalue weighted by Crippen LogP contribution is 2.23. The van der Waals surface area contributed by atoms with Crippen molar-refractivity contribution >= 4 is 24.0 Å². The summed E-state index contributed by atoms with van der Waals surface area (Å²) in [6.07, 6.45) is 1.01. The molecule has 1 aromatic rings. The number of hydrogen-bond acceptors (Lipinski definition) is 3. The van der Waals surface area contributed by atoms with Crippen molar-refractivity contribution in [2.75, 3.05) is 18.5 Å². The molecule has 4 nitrogen and oxygen atoms in total. The average Bonchev–Trinajstić information content (AvgIpc) is 2.32. The molecule has 0 bridgehead atoms. The third-order valence-corrected chi connectivity index (χ3v) is 2.61. The molecule has 0 aliphatic carbocycles. The predicted octanol–water partition coefficient (Wildman–Crippen LogP) is 2.74. The first-order valence-electron chi connectivity index (χ1n) is 6.26. The maximum atomic E-state index is 11.2. The molecule has 3 N–H and O–H groups in total. The van der Waals surface area contributed by atoms with E-state index in [1.807, 2.05) is 25.1 Å². The van der Waals surface area contributed by atoms with Gasteiger partial charge in [-0.1, -0.05) is 19.9 Å². The van der Waals surface area contributed by atoms with Crippen molar-refractivity contribution in [2.24, 2.45) is 11.7 Å². The van der Waals surface area contributed by atoms with Crippen LogP contribution in [0.3, 0.4) is 0 Å². The molecule has 0 aliphatic rings. The highest BCUT2D eigenvalue weighted by Gasteiger charge is 2.04. The summed E-state index contributed by atoms with van der Waals surface area (Å²) >= 11 is 0. The molecule has 19 heavy (non-hydrogen) atoms. The van der Waals surface area contributed by atoms with Gasteiger partial charge in [-0.05, 0) is 30.9 Å². The van der Waals surface area contributed by atoms with E-state index in [9.17, 15) is 4.79 Å². The third-order valence-electron chi connectivity index (χ3n) is 2.61. The van der Waals surface area contributed by atoms with Crippen molar-refractivity contribution in [2.45, 2.75) is 27.2 Å². The molecule has 1 amide bonds. The molecule has 0 saturated heterocycles. The summed E-state index contributed by atoms with van der Waals surface area (Å²) in [7, 11) is 0. The molecular formula is C14H23ClN2O2. The standard InChI is InChI=1S/C14H22N2O2.ClH/c1-10(2)6-7-18-13-8-12(5-4-11(13)3)16-14(17)9-15;/h4-5,8,10H,6-7,9,15H2,1-3H3,(H,16,17);1H. The van der Waals surface area contributed by atoms with Gasteiger partial charge in [0.25, 0.3) is 0 Å². The molecule has 0 radical (unpaired) electrons. The van der Waals surface area contributed by atoms with Crippen molar-refractivity contribution < 1.29 is 9.53 Å². The Morgan fingerprint density at radius 3 is 2.68 bits per heavy atom. The molecular weight excluding hydrogens is 264 g/mol. The quantitative estimate of drug-likeness (QED) is 0.845. The summed E-state index contributed by atoms with van der Waals surface area (Å²) in [5, 5.41) is 2.71. The van der Waals surface area contributed by atoms with E-state index in [-0.39, 0.29) is 24.9 Å². The Kier molecular flexibility index (Phi) is 8.19. The molecule has 0 heterocycles. The van der Waals surface area contributed by atoms with Gasteiger partial charge in [0.1, 0.15) is 5.75 Å². The summed E-state index contributed by atoms with van der Waals surface area (Å²) in [5.74, 6) is 1.22. The summed E-state index contributed by atoms with van der Waals surface area (Å²) in [6, 6.07) is 5.61. The van der Waals surface area contributed by atoms with Crippen LogP contribution in [0, 0.1) is 12.8 Å². The lowest BCUT2D eigenvalue weighted by molar-refractivity contribution is -0.114. The predicted molar refractivity (Wildman–Crippen MR) is 81.1 cm³/mol. The molecule has 5 heteroatoms. The van der Waals surface area contributed by atoms with Crippen molar-refractivity contribution in [1.29, 1.82) is 0 Å². The lowest BCUT2D eigenvalue weighted by Crippen LogP contribution is -2.21.